The van der Waals surface area contributed by atoms with Crippen molar-refractivity contribution in [2.45, 2.75) is 33.2 Å². The molecule has 1 aromatic heterocycles. The molecule has 9 nitrogen and oxygen atoms in total. The van der Waals surface area contributed by atoms with Crippen LogP contribution >= 0.6 is 11.6 Å². The van der Waals surface area contributed by atoms with E-state index in [-0.39, 0.29) is 28.5 Å². The number of rotatable bonds is 10. The molecule has 2 aliphatic rings. The van der Waals surface area contributed by atoms with Gasteiger partial charge in [0.05, 0.1) is 6.20 Å². The first-order chi connectivity index (χ1) is 17.9. The van der Waals surface area contributed by atoms with Crippen LogP contribution in [0.4, 0.5) is 5.82 Å². The van der Waals surface area contributed by atoms with E-state index < -0.39 is 0 Å². The molecule has 4 rings (SSSR count). The monoisotopic (exact) mass is 524 g/mol. The molecule has 0 spiro atoms. The second-order valence-corrected chi connectivity index (χ2v) is 10.6. The molecule has 2 fully saturated rings. The van der Waals surface area contributed by atoms with Gasteiger partial charge in [-0.2, -0.15) is 10.2 Å². The minimum Gasteiger partial charge on any atom is -0.302 e. The van der Waals surface area contributed by atoms with Gasteiger partial charge in [0.25, 0.3) is 5.91 Å². The highest BCUT2D eigenvalue weighted by Crippen LogP contribution is 2.23. The zero-order valence-electron chi connectivity index (χ0n) is 21.9. The van der Waals surface area contributed by atoms with Crippen molar-refractivity contribution in [2.24, 2.45) is 5.92 Å². The molecule has 0 saturated carbocycles. The third kappa shape index (κ3) is 7.69. The molecule has 10 heteroatoms. The van der Waals surface area contributed by atoms with E-state index in [2.05, 4.69) is 30.1 Å². The summed E-state index contributed by atoms with van der Waals surface area (Å²) >= 11 is 6.31. The number of halogens is 1. The zero-order chi connectivity index (χ0) is 26.2. The van der Waals surface area contributed by atoms with Crippen LogP contribution in [0.15, 0.2) is 30.5 Å². The van der Waals surface area contributed by atoms with Gasteiger partial charge in [-0.3, -0.25) is 14.6 Å². The number of likely N-dealkylation sites (tertiary alicyclic amines) is 1. The van der Waals surface area contributed by atoms with E-state index in [1.165, 1.54) is 49.2 Å². The largest absolute Gasteiger partial charge is 0.302 e. The number of carbonyl (C=O) groups is 1. The van der Waals surface area contributed by atoms with Crippen molar-refractivity contribution < 1.29 is 4.79 Å². The number of carbonyl (C=O) groups excluding carboxylic acids is 1. The third-order valence-electron chi connectivity index (χ3n) is 6.90. The van der Waals surface area contributed by atoms with E-state index in [4.69, 9.17) is 11.6 Å². The Bertz CT molecular complexity index is 1070. The number of nitriles is 1. The van der Waals surface area contributed by atoms with E-state index in [1.54, 1.807) is 0 Å². The van der Waals surface area contributed by atoms with Crippen LogP contribution < -0.4 is 10.4 Å². The summed E-state index contributed by atoms with van der Waals surface area (Å²) in [6, 6.07) is 9.61. The van der Waals surface area contributed by atoms with Gasteiger partial charge in [0.1, 0.15) is 11.1 Å². The van der Waals surface area contributed by atoms with E-state index in [9.17, 15) is 10.1 Å². The predicted octanol–water partition coefficient (Wildman–Crippen LogP) is 3.02. The molecule has 0 atom stereocenters. The van der Waals surface area contributed by atoms with Gasteiger partial charge in [-0.25, -0.2) is 15.4 Å². The summed E-state index contributed by atoms with van der Waals surface area (Å²) in [5.41, 5.74) is 4.81. The first-order valence-electron chi connectivity index (χ1n) is 13.2. The number of aromatic nitrogens is 2. The van der Waals surface area contributed by atoms with Crippen LogP contribution in [0.25, 0.3) is 0 Å². The van der Waals surface area contributed by atoms with Crippen LogP contribution in [-0.4, -0.2) is 89.5 Å². The fourth-order valence-corrected chi connectivity index (χ4v) is 4.86. The van der Waals surface area contributed by atoms with Gasteiger partial charge in [0, 0.05) is 57.9 Å². The van der Waals surface area contributed by atoms with Crippen LogP contribution in [0.1, 0.15) is 48.4 Å². The zero-order valence-corrected chi connectivity index (χ0v) is 22.6. The molecule has 0 radical (unpaired) electrons. The predicted molar refractivity (Wildman–Crippen MR) is 145 cm³/mol. The Morgan fingerprint density at radius 2 is 1.68 bits per heavy atom. The number of piperazine rings is 1. The molecule has 0 bridgehead atoms. The van der Waals surface area contributed by atoms with Crippen LogP contribution in [0.5, 0.6) is 0 Å². The number of hydrogen-bond acceptors (Lipinski definition) is 8. The Balaban J connectivity index is 1.35. The minimum atomic E-state index is -0.289. The van der Waals surface area contributed by atoms with Gasteiger partial charge in [0.15, 0.2) is 5.82 Å². The number of amides is 1. The molecule has 3 heterocycles. The average molecular weight is 525 g/mol. The highest BCUT2D eigenvalue weighted by atomic mass is 35.5. The number of benzene rings is 1. The Morgan fingerprint density at radius 1 is 1.05 bits per heavy atom. The quantitative estimate of drug-likeness (QED) is 0.474. The lowest BCUT2D eigenvalue weighted by Gasteiger charge is -2.35. The second-order valence-electron chi connectivity index (χ2n) is 10.2. The van der Waals surface area contributed by atoms with Gasteiger partial charge in [-0.15, -0.1) is 0 Å². The Kier molecular flexibility index (Phi) is 9.83. The van der Waals surface area contributed by atoms with Gasteiger partial charge < -0.3 is 4.90 Å². The summed E-state index contributed by atoms with van der Waals surface area (Å²) in [4.78, 5) is 29.1. The molecule has 2 aromatic rings. The lowest BCUT2D eigenvalue weighted by Crippen LogP contribution is -2.47. The van der Waals surface area contributed by atoms with Crippen molar-refractivity contribution in [3.63, 3.8) is 0 Å². The smallest absolute Gasteiger partial charge is 0.274 e. The third-order valence-corrected chi connectivity index (χ3v) is 7.17. The summed E-state index contributed by atoms with van der Waals surface area (Å²) in [6.45, 7) is 14.7. The maximum absolute atomic E-state index is 13.4. The van der Waals surface area contributed by atoms with Crippen LogP contribution in [0.2, 0.25) is 5.02 Å². The van der Waals surface area contributed by atoms with Crippen LogP contribution in [-0.2, 0) is 6.54 Å². The maximum atomic E-state index is 13.4. The van der Waals surface area contributed by atoms with Crippen molar-refractivity contribution in [1.82, 2.24) is 30.1 Å². The topological polar surface area (TPSA) is 91.6 Å². The Morgan fingerprint density at radius 3 is 2.30 bits per heavy atom. The molecule has 2 aliphatic heterocycles. The van der Waals surface area contributed by atoms with Crippen molar-refractivity contribution in [1.29, 1.82) is 5.26 Å². The standard InChI is InChI=1S/C27H37ClN8O/c1-21(2)18-31-36(26-24(28)19-30-25(17-29)32-26)27(37)23-7-5-22(6-8-23)20-35-15-13-34(14-16-35)12-11-33-9-3-4-10-33/h5-8,19,21,31H,3-4,9-16,18,20H2,1-2H3. The lowest BCUT2D eigenvalue weighted by atomic mass is 10.1. The van der Waals surface area contributed by atoms with Gasteiger partial charge in [-0.1, -0.05) is 37.6 Å². The molecule has 1 amide bonds. The number of nitrogens with zero attached hydrogens (tertiary/aromatic N) is 7. The van der Waals surface area contributed by atoms with Crippen molar-refractivity contribution >= 4 is 23.3 Å². The van der Waals surface area contributed by atoms with E-state index in [0.717, 1.165) is 39.3 Å². The summed E-state index contributed by atoms with van der Waals surface area (Å²) in [7, 11) is 0. The Labute approximate surface area is 225 Å². The lowest BCUT2D eigenvalue weighted by molar-refractivity contribution is 0.0972. The summed E-state index contributed by atoms with van der Waals surface area (Å²) in [5.74, 6) is 0.123. The van der Waals surface area contributed by atoms with Gasteiger partial charge in [-0.05, 0) is 49.5 Å². The molecular weight excluding hydrogens is 488 g/mol. The van der Waals surface area contributed by atoms with Crippen molar-refractivity contribution in [3.05, 3.63) is 52.4 Å². The number of nitrogens with one attached hydrogen (secondary N) is 1. The SMILES string of the molecule is CC(C)CNN(C(=O)c1ccc(CN2CCN(CCN3CCCC3)CC2)cc1)c1nc(C#N)ncc1Cl. The highest BCUT2D eigenvalue weighted by Gasteiger charge is 2.23. The molecule has 0 unspecified atom stereocenters. The summed E-state index contributed by atoms with van der Waals surface area (Å²) < 4.78 is 0. The summed E-state index contributed by atoms with van der Waals surface area (Å²) in [5, 5.41) is 10.7. The maximum Gasteiger partial charge on any atom is 0.274 e. The molecule has 1 N–H and O–H groups in total. The molecule has 0 aliphatic carbocycles. The molecule has 2 saturated heterocycles. The first-order valence-corrected chi connectivity index (χ1v) is 13.6. The highest BCUT2D eigenvalue weighted by molar-refractivity contribution is 6.33. The normalized spacial score (nSPS) is 17.3. The molecule has 198 valence electrons. The molecule has 37 heavy (non-hydrogen) atoms. The molecule has 1 aromatic carbocycles. The Hall–Kier alpha value is -2.61. The van der Waals surface area contributed by atoms with E-state index in [0.29, 0.717) is 12.1 Å². The number of hydrazine groups is 1. The number of hydrogen-bond donors (Lipinski definition) is 1. The van der Waals surface area contributed by atoms with Gasteiger partial charge >= 0.3 is 0 Å². The van der Waals surface area contributed by atoms with Gasteiger partial charge in [0.2, 0.25) is 5.82 Å². The van der Waals surface area contributed by atoms with E-state index in [1.807, 2.05) is 44.2 Å². The molecular formula is C27H37ClN8O. The first kappa shape index (κ1) is 27.4. The summed E-state index contributed by atoms with van der Waals surface area (Å²) in [6.07, 6.45) is 4.04. The fourth-order valence-electron chi connectivity index (χ4n) is 4.69. The van der Waals surface area contributed by atoms with Crippen LogP contribution in [0.3, 0.4) is 0 Å². The average Bonchev–Trinajstić information content (AvgIpc) is 3.43. The van der Waals surface area contributed by atoms with Crippen molar-refractivity contribution in [2.75, 3.05) is 63.9 Å². The second kappa shape index (κ2) is 13.3. The minimum absolute atomic E-state index is 0.0463. The fraction of sp³-hybridized carbons (Fsp3) is 0.556. The van der Waals surface area contributed by atoms with E-state index >= 15 is 0 Å². The number of anilines is 1. The van der Waals surface area contributed by atoms with Crippen molar-refractivity contribution in [3.8, 4) is 6.07 Å². The van der Waals surface area contributed by atoms with Crippen LogP contribution in [0, 0.1) is 17.2 Å².